The van der Waals surface area contributed by atoms with Crippen LogP contribution in [0.1, 0.15) is 18.0 Å². The van der Waals surface area contributed by atoms with E-state index in [1.807, 2.05) is 36.5 Å². The van der Waals surface area contributed by atoms with E-state index in [-0.39, 0.29) is 0 Å². The predicted octanol–water partition coefficient (Wildman–Crippen LogP) is 1.87. The van der Waals surface area contributed by atoms with Crippen molar-refractivity contribution in [3.8, 4) is 11.3 Å². The SMILES string of the molecule is NCCCc1cn(Cc2ncc(-c3ccccc3)o2)nn1. The topological polar surface area (TPSA) is 82.8 Å². The Hall–Kier alpha value is -2.47. The van der Waals surface area contributed by atoms with E-state index in [1.54, 1.807) is 10.9 Å². The molecule has 0 aliphatic rings. The van der Waals surface area contributed by atoms with Gasteiger partial charge in [-0.2, -0.15) is 0 Å². The lowest BCUT2D eigenvalue weighted by atomic mass is 10.2. The van der Waals surface area contributed by atoms with E-state index in [0.717, 1.165) is 29.9 Å². The zero-order valence-electron chi connectivity index (χ0n) is 11.6. The molecule has 6 heteroatoms. The Morgan fingerprint density at radius 2 is 2.05 bits per heavy atom. The van der Waals surface area contributed by atoms with E-state index in [2.05, 4.69) is 15.3 Å². The quantitative estimate of drug-likeness (QED) is 0.746. The Balaban J connectivity index is 1.68. The summed E-state index contributed by atoms with van der Waals surface area (Å²) in [7, 11) is 0. The van der Waals surface area contributed by atoms with Gasteiger partial charge in [-0.15, -0.1) is 5.10 Å². The molecule has 108 valence electrons. The Morgan fingerprint density at radius 3 is 2.86 bits per heavy atom. The molecule has 6 nitrogen and oxygen atoms in total. The number of hydrogen-bond acceptors (Lipinski definition) is 5. The van der Waals surface area contributed by atoms with Crippen LogP contribution in [0.5, 0.6) is 0 Å². The van der Waals surface area contributed by atoms with Gasteiger partial charge in [-0.1, -0.05) is 35.5 Å². The van der Waals surface area contributed by atoms with Gasteiger partial charge in [0, 0.05) is 11.8 Å². The maximum absolute atomic E-state index is 5.74. The molecule has 3 aromatic rings. The minimum atomic E-state index is 0.475. The van der Waals surface area contributed by atoms with Crippen LogP contribution in [-0.4, -0.2) is 26.5 Å². The average Bonchev–Trinajstić information content (AvgIpc) is 3.16. The summed E-state index contributed by atoms with van der Waals surface area (Å²) in [5.74, 6) is 1.37. The maximum atomic E-state index is 5.74. The molecule has 2 N–H and O–H groups in total. The first-order chi connectivity index (χ1) is 10.3. The average molecular weight is 283 g/mol. The fourth-order valence-electron chi connectivity index (χ4n) is 2.07. The molecular formula is C15H17N5O. The number of hydrogen-bond donors (Lipinski definition) is 1. The van der Waals surface area contributed by atoms with Gasteiger partial charge in [-0.25, -0.2) is 9.67 Å². The highest BCUT2D eigenvalue weighted by molar-refractivity contribution is 5.55. The molecule has 0 fully saturated rings. The number of rotatable bonds is 6. The molecule has 1 aromatic carbocycles. The van der Waals surface area contributed by atoms with Crippen LogP contribution in [-0.2, 0) is 13.0 Å². The normalized spacial score (nSPS) is 10.9. The standard InChI is InChI=1S/C15H17N5O/c16-8-4-7-13-10-20(19-18-13)11-15-17-9-14(21-15)12-5-2-1-3-6-12/h1-3,5-6,9-10H,4,7-8,11,16H2. The number of oxazole rings is 1. The Labute approximate surface area is 122 Å². The van der Waals surface area contributed by atoms with E-state index >= 15 is 0 Å². The van der Waals surface area contributed by atoms with Crippen molar-refractivity contribution in [1.29, 1.82) is 0 Å². The summed E-state index contributed by atoms with van der Waals surface area (Å²) in [6.45, 7) is 1.13. The lowest BCUT2D eigenvalue weighted by Gasteiger charge is -1.96. The van der Waals surface area contributed by atoms with Gasteiger partial charge in [0.25, 0.3) is 0 Å². The van der Waals surface area contributed by atoms with E-state index in [4.69, 9.17) is 10.2 Å². The molecule has 0 saturated heterocycles. The largest absolute Gasteiger partial charge is 0.439 e. The molecule has 2 aromatic heterocycles. The van der Waals surface area contributed by atoms with Gasteiger partial charge in [0.05, 0.1) is 11.9 Å². The fraction of sp³-hybridized carbons (Fsp3) is 0.267. The molecule has 0 spiro atoms. The van der Waals surface area contributed by atoms with Crippen molar-refractivity contribution in [2.45, 2.75) is 19.4 Å². The molecule has 0 unspecified atom stereocenters. The highest BCUT2D eigenvalue weighted by Gasteiger charge is 2.08. The van der Waals surface area contributed by atoms with Crippen molar-refractivity contribution >= 4 is 0 Å². The summed E-state index contributed by atoms with van der Waals surface area (Å²) < 4.78 is 7.47. The van der Waals surface area contributed by atoms with Crippen LogP contribution < -0.4 is 5.73 Å². The molecule has 0 saturated carbocycles. The first-order valence-corrected chi connectivity index (χ1v) is 6.94. The second kappa shape index (κ2) is 6.32. The lowest BCUT2D eigenvalue weighted by Crippen LogP contribution is -2.01. The van der Waals surface area contributed by atoms with Gasteiger partial charge in [0.2, 0.25) is 5.89 Å². The summed E-state index contributed by atoms with van der Waals surface area (Å²) in [5, 5.41) is 8.18. The zero-order chi connectivity index (χ0) is 14.5. The van der Waals surface area contributed by atoms with Gasteiger partial charge in [-0.3, -0.25) is 0 Å². The Morgan fingerprint density at radius 1 is 1.19 bits per heavy atom. The van der Waals surface area contributed by atoms with Gasteiger partial charge in [0.1, 0.15) is 6.54 Å². The molecule has 0 bridgehead atoms. The van der Waals surface area contributed by atoms with E-state index < -0.39 is 0 Å². The van der Waals surface area contributed by atoms with Gasteiger partial charge >= 0.3 is 0 Å². The molecule has 2 heterocycles. The highest BCUT2D eigenvalue weighted by atomic mass is 16.4. The van der Waals surface area contributed by atoms with E-state index in [1.165, 1.54) is 0 Å². The third-order valence-electron chi connectivity index (χ3n) is 3.13. The van der Waals surface area contributed by atoms with E-state index in [9.17, 15) is 0 Å². The van der Waals surface area contributed by atoms with Crippen molar-refractivity contribution in [2.24, 2.45) is 5.73 Å². The zero-order valence-corrected chi connectivity index (χ0v) is 11.6. The van der Waals surface area contributed by atoms with Crippen LogP contribution in [0.2, 0.25) is 0 Å². The van der Waals surface area contributed by atoms with E-state index in [0.29, 0.717) is 19.0 Å². The molecular weight excluding hydrogens is 266 g/mol. The van der Waals surface area contributed by atoms with Crippen molar-refractivity contribution in [3.05, 3.63) is 54.3 Å². The first-order valence-electron chi connectivity index (χ1n) is 6.94. The Bertz CT molecular complexity index is 689. The van der Waals surface area contributed by atoms with Gasteiger partial charge in [-0.05, 0) is 19.4 Å². The first kappa shape index (κ1) is 13.5. The molecule has 0 amide bonds. The van der Waals surface area contributed by atoms with Crippen molar-refractivity contribution in [3.63, 3.8) is 0 Å². The summed E-state index contributed by atoms with van der Waals surface area (Å²) in [4.78, 5) is 4.28. The number of nitrogens with zero attached hydrogens (tertiary/aromatic N) is 4. The summed E-state index contributed by atoms with van der Waals surface area (Å²) in [5.41, 5.74) is 7.44. The third kappa shape index (κ3) is 3.35. The lowest BCUT2D eigenvalue weighted by molar-refractivity contribution is 0.469. The van der Waals surface area contributed by atoms with Crippen molar-refractivity contribution in [1.82, 2.24) is 20.0 Å². The second-order valence-corrected chi connectivity index (χ2v) is 4.78. The molecule has 0 aliphatic carbocycles. The van der Waals surface area contributed by atoms with Crippen LogP contribution in [0, 0.1) is 0 Å². The second-order valence-electron chi connectivity index (χ2n) is 4.78. The molecule has 0 aliphatic heterocycles. The summed E-state index contributed by atoms with van der Waals surface area (Å²) >= 11 is 0. The van der Waals surface area contributed by atoms with Gasteiger partial charge in [0.15, 0.2) is 5.76 Å². The summed E-state index contributed by atoms with van der Waals surface area (Å²) in [6.07, 6.45) is 5.40. The highest BCUT2D eigenvalue weighted by Crippen LogP contribution is 2.19. The van der Waals surface area contributed by atoms with Crippen LogP contribution in [0.15, 0.2) is 47.1 Å². The van der Waals surface area contributed by atoms with Crippen LogP contribution >= 0.6 is 0 Å². The smallest absolute Gasteiger partial charge is 0.216 e. The number of nitrogens with two attached hydrogens (primary N) is 1. The molecule has 0 radical (unpaired) electrons. The fourth-order valence-corrected chi connectivity index (χ4v) is 2.07. The third-order valence-corrected chi connectivity index (χ3v) is 3.13. The van der Waals surface area contributed by atoms with Gasteiger partial charge < -0.3 is 10.2 Å². The predicted molar refractivity (Wildman–Crippen MR) is 78.4 cm³/mol. The monoisotopic (exact) mass is 283 g/mol. The minimum absolute atomic E-state index is 0.475. The summed E-state index contributed by atoms with van der Waals surface area (Å²) in [6, 6.07) is 9.89. The maximum Gasteiger partial charge on any atom is 0.216 e. The molecule has 0 atom stereocenters. The number of aromatic nitrogens is 4. The number of benzene rings is 1. The van der Waals surface area contributed by atoms with Crippen molar-refractivity contribution in [2.75, 3.05) is 6.54 Å². The van der Waals surface area contributed by atoms with Crippen LogP contribution in [0.3, 0.4) is 0 Å². The number of aryl methyl sites for hydroxylation is 1. The Kier molecular flexibility index (Phi) is 4.07. The molecule has 3 rings (SSSR count). The van der Waals surface area contributed by atoms with Crippen LogP contribution in [0.4, 0.5) is 0 Å². The molecule has 21 heavy (non-hydrogen) atoms. The van der Waals surface area contributed by atoms with Crippen molar-refractivity contribution < 1.29 is 4.42 Å². The van der Waals surface area contributed by atoms with Crippen LogP contribution in [0.25, 0.3) is 11.3 Å². The minimum Gasteiger partial charge on any atom is -0.439 e.